The lowest BCUT2D eigenvalue weighted by Gasteiger charge is -2.06. The number of hydrogen-bond acceptors (Lipinski definition) is 2. The molecule has 0 aliphatic rings. The van der Waals surface area contributed by atoms with Crippen molar-refractivity contribution in [2.24, 2.45) is 10.7 Å². The highest BCUT2D eigenvalue weighted by Crippen LogP contribution is 2.00. The molecule has 1 aromatic carbocycles. The van der Waals surface area contributed by atoms with E-state index < -0.39 is 10.8 Å². The summed E-state index contributed by atoms with van der Waals surface area (Å²) in [7, 11) is -0.831. The molecule has 0 saturated carbocycles. The quantitative estimate of drug-likeness (QED) is 0.616. The number of nitrogens with zero attached hydrogens (tertiary/aromatic N) is 1. The third-order valence-electron chi connectivity index (χ3n) is 1.90. The molecule has 82 valence electrons. The fraction of sp³-hybridized carbons (Fsp3) is 0.364. The minimum atomic E-state index is -0.831. The van der Waals surface area contributed by atoms with Gasteiger partial charge in [0, 0.05) is 28.4 Å². The second kappa shape index (κ2) is 5.66. The van der Waals surface area contributed by atoms with Gasteiger partial charge in [0.25, 0.3) is 0 Å². The third-order valence-corrected chi connectivity index (χ3v) is 2.86. The number of nitrogens with two attached hydrogens (primary N) is 1. The molecule has 0 aromatic heterocycles. The zero-order chi connectivity index (χ0) is 11.3. The van der Waals surface area contributed by atoms with Crippen molar-refractivity contribution in [1.29, 1.82) is 0 Å². The predicted molar refractivity (Wildman–Crippen MR) is 65.6 cm³/mol. The molecule has 1 aromatic rings. The number of benzene rings is 1. The third kappa shape index (κ3) is 4.25. The fourth-order valence-electron chi connectivity index (χ4n) is 1.30. The van der Waals surface area contributed by atoms with Gasteiger partial charge in [0.05, 0.1) is 6.04 Å². The molecule has 0 fully saturated rings. The maximum Gasteiger partial charge on any atom is 0.125 e. The number of amidine groups is 1. The number of aliphatic imine (C=N–C) groups is 1. The van der Waals surface area contributed by atoms with Gasteiger partial charge in [-0.15, -0.1) is 0 Å². The first-order chi connectivity index (χ1) is 7.09. The van der Waals surface area contributed by atoms with Crippen LogP contribution in [0.1, 0.15) is 12.5 Å². The van der Waals surface area contributed by atoms with Crippen LogP contribution in [0.4, 0.5) is 0 Å². The van der Waals surface area contributed by atoms with E-state index in [1.165, 1.54) is 0 Å². The smallest absolute Gasteiger partial charge is 0.125 e. The van der Waals surface area contributed by atoms with Crippen molar-refractivity contribution < 1.29 is 4.21 Å². The van der Waals surface area contributed by atoms with Gasteiger partial charge in [0.1, 0.15) is 5.84 Å². The lowest BCUT2D eigenvalue weighted by Crippen LogP contribution is -2.19. The van der Waals surface area contributed by atoms with Crippen molar-refractivity contribution in [3.63, 3.8) is 0 Å². The Hall–Kier alpha value is -1.16. The minimum Gasteiger partial charge on any atom is -0.383 e. The highest BCUT2D eigenvalue weighted by atomic mass is 32.2. The Kier molecular flexibility index (Phi) is 4.49. The molecule has 0 spiro atoms. The summed E-state index contributed by atoms with van der Waals surface area (Å²) in [5, 5.41) is 0. The van der Waals surface area contributed by atoms with E-state index in [1.807, 2.05) is 37.3 Å². The molecular formula is C11H16N2OS. The summed E-state index contributed by atoms with van der Waals surface area (Å²) >= 11 is 0. The summed E-state index contributed by atoms with van der Waals surface area (Å²) in [4.78, 5) is 4.29. The van der Waals surface area contributed by atoms with E-state index in [2.05, 4.69) is 4.99 Å². The van der Waals surface area contributed by atoms with Gasteiger partial charge in [0.15, 0.2) is 0 Å². The van der Waals surface area contributed by atoms with Crippen molar-refractivity contribution in [2.45, 2.75) is 13.0 Å². The van der Waals surface area contributed by atoms with E-state index in [4.69, 9.17) is 5.73 Å². The molecule has 0 radical (unpaired) electrons. The lowest BCUT2D eigenvalue weighted by molar-refractivity contribution is 0.680. The summed E-state index contributed by atoms with van der Waals surface area (Å²) in [5.41, 5.74) is 6.73. The Morgan fingerprint density at radius 3 is 2.60 bits per heavy atom. The van der Waals surface area contributed by atoms with Gasteiger partial charge in [-0.1, -0.05) is 30.3 Å². The standard InChI is InChI=1S/C11H16N2OS/c1-9(8-15(2)14)13-11(12)10-6-4-3-5-7-10/h3-7,9H,8H2,1-2H3,(H2,12,13). The Labute approximate surface area is 92.9 Å². The molecule has 0 amide bonds. The van der Waals surface area contributed by atoms with Crippen LogP contribution >= 0.6 is 0 Å². The number of hydrogen-bond donors (Lipinski definition) is 1. The molecule has 0 heterocycles. The maximum absolute atomic E-state index is 11.0. The van der Waals surface area contributed by atoms with Gasteiger partial charge in [-0.3, -0.25) is 9.20 Å². The molecule has 1 rings (SSSR count). The molecule has 0 aliphatic carbocycles. The van der Waals surface area contributed by atoms with E-state index >= 15 is 0 Å². The van der Waals surface area contributed by atoms with Crippen molar-refractivity contribution in [2.75, 3.05) is 12.0 Å². The van der Waals surface area contributed by atoms with Crippen LogP contribution in [0.3, 0.4) is 0 Å². The molecule has 0 saturated heterocycles. The molecule has 2 unspecified atom stereocenters. The zero-order valence-corrected chi connectivity index (χ0v) is 9.83. The predicted octanol–water partition coefficient (Wildman–Crippen LogP) is 1.16. The lowest BCUT2D eigenvalue weighted by atomic mass is 10.2. The van der Waals surface area contributed by atoms with Gasteiger partial charge >= 0.3 is 0 Å². The topological polar surface area (TPSA) is 55.5 Å². The zero-order valence-electron chi connectivity index (χ0n) is 9.01. The van der Waals surface area contributed by atoms with Gasteiger partial charge in [0.2, 0.25) is 0 Å². The summed E-state index contributed by atoms with van der Waals surface area (Å²) < 4.78 is 11.0. The Morgan fingerprint density at radius 1 is 1.47 bits per heavy atom. The fourth-order valence-corrected chi connectivity index (χ4v) is 2.05. The van der Waals surface area contributed by atoms with E-state index in [9.17, 15) is 4.21 Å². The largest absolute Gasteiger partial charge is 0.383 e. The monoisotopic (exact) mass is 224 g/mol. The molecular weight excluding hydrogens is 208 g/mol. The van der Waals surface area contributed by atoms with Crippen LogP contribution in [-0.4, -0.2) is 28.1 Å². The van der Waals surface area contributed by atoms with Crippen LogP contribution in [0.15, 0.2) is 35.3 Å². The average Bonchev–Trinajstić information content (AvgIpc) is 2.17. The molecule has 15 heavy (non-hydrogen) atoms. The molecule has 2 N–H and O–H groups in total. The van der Waals surface area contributed by atoms with Crippen LogP contribution in [0.25, 0.3) is 0 Å². The summed E-state index contributed by atoms with van der Waals surface area (Å²) in [6.45, 7) is 1.91. The normalized spacial score (nSPS) is 16.0. The molecule has 0 aliphatic heterocycles. The van der Waals surface area contributed by atoms with Crippen molar-refractivity contribution in [3.8, 4) is 0 Å². The van der Waals surface area contributed by atoms with Crippen LogP contribution < -0.4 is 5.73 Å². The Balaban J connectivity index is 2.71. The Morgan fingerprint density at radius 2 is 2.07 bits per heavy atom. The highest BCUT2D eigenvalue weighted by molar-refractivity contribution is 7.84. The van der Waals surface area contributed by atoms with Gasteiger partial charge in [-0.05, 0) is 6.92 Å². The second-order valence-corrected chi connectivity index (χ2v) is 4.95. The SMILES string of the molecule is CC(CS(C)=O)N=C(N)c1ccccc1. The maximum atomic E-state index is 11.0. The molecule has 3 nitrogen and oxygen atoms in total. The first-order valence-corrected chi connectivity index (χ1v) is 6.51. The van der Waals surface area contributed by atoms with Crippen LogP contribution in [0.5, 0.6) is 0 Å². The van der Waals surface area contributed by atoms with Crippen LogP contribution in [0.2, 0.25) is 0 Å². The second-order valence-electron chi connectivity index (χ2n) is 3.47. The molecule has 2 atom stereocenters. The average molecular weight is 224 g/mol. The summed E-state index contributed by atoms with van der Waals surface area (Å²) in [6, 6.07) is 9.58. The number of rotatable bonds is 4. The first-order valence-electron chi connectivity index (χ1n) is 4.78. The van der Waals surface area contributed by atoms with Crippen molar-refractivity contribution in [1.82, 2.24) is 0 Å². The van der Waals surface area contributed by atoms with E-state index in [0.29, 0.717) is 11.6 Å². The van der Waals surface area contributed by atoms with Gasteiger partial charge in [-0.2, -0.15) is 0 Å². The summed E-state index contributed by atoms with van der Waals surface area (Å²) in [5.74, 6) is 1.06. The molecule has 0 bridgehead atoms. The van der Waals surface area contributed by atoms with E-state index in [0.717, 1.165) is 5.56 Å². The van der Waals surface area contributed by atoms with Crippen LogP contribution in [-0.2, 0) is 10.8 Å². The van der Waals surface area contributed by atoms with Crippen molar-refractivity contribution >= 4 is 16.6 Å². The van der Waals surface area contributed by atoms with Gasteiger partial charge < -0.3 is 5.73 Å². The van der Waals surface area contributed by atoms with E-state index in [1.54, 1.807) is 6.26 Å². The van der Waals surface area contributed by atoms with E-state index in [-0.39, 0.29) is 6.04 Å². The Bertz CT molecular complexity index is 362. The van der Waals surface area contributed by atoms with Gasteiger partial charge in [-0.25, -0.2) is 0 Å². The van der Waals surface area contributed by atoms with Crippen molar-refractivity contribution in [3.05, 3.63) is 35.9 Å². The van der Waals surface area contributed by atoms with Crippen LogP contribution in [0, 0.1) is 0 Å². The molecule has 4 heteroatoms. The first kappa shape index (κ1) is 11.9. The minimum absolute atomic E-state index is 0.00367. The summed E-state index contributed by atoms with van der Waals surface area (Å²) in [6.07, 6.45) is 1.67. The highest BCUT2D eigenvalue weighted by Gasteiger charge is 2.04.